The Balaban J connectivity index is 1.95. The van der Waals surface area contributed by atoms with Gasteiger partial charge in [-0.05, 0) is 49.4 Å². The van der Waals surface area contributed by atoms with Crippen LogP contribution in [0.25, 0.3) is 0 Å². The van der Waals surface area contributed by atoms with E-state index in [9.17, 15) is 4.79 Å². The minimum atomic E-state index is -0.0469. The van der Waals surface area contributed by atoms with Crippen molar-refractivity contribution in [3.8, 4) is 0 Å². The van der Waals surface area contributed by atoms with Gasteiger partial charge in [0, 0.05) is 29.0 Å². The first-order valence-electron chi connectivity index (χ1n) is 6.97. The number of carbonyl (C=O) groups is 1. The summed E-state index contributed by atoms with van der Waals surface area (Å²) in [5, 5.41) is 6.29. The molecule has 0 saturated heterocycles. The zero-order valence-corrected chi connectivity index (χ0v) is 13.3. The number of nitrogens with one attached hydrogen (secondary N) is 2. The molecule has 21 heavy (non-hydrogen) atoms. The molecule has 1 unspecified atom stereocenters. The van der Waals surface area contributed by atoms with E-state index in [1.165, 1.54) is 15.3 Å². The van der Waals surface area contributed by atoms with Crippen LogP contribution in [-0.4, -0.2) is 25.0 Å². The van der Waals surface area contributed by atoms with E-state index in [4.69, 9.17) is 0 Å². The van der Waals surface area contributed by atoms with Gasteiger partial charge in [-0.3, -0.25) is 0 Å². The highest BCUT2D eigenvalue weighted by Crippen LogP contribution is 2.31. The number of benzene rings is 1. The Morgan fingerprint density at radius 2 is 2.14 bits per heavy atom. The summed E-state index contributed by atoms with van der Waals surface area (Å²) in [6.07, 6.45) is 0. The first kappa shape index (κ1) is 14.1. The molecule has 4 nitrogen and oxygen atoms in total. The van der Waals surface area contributed by atoms with Crippen molar-refractivity contribution >= 4 is 23.1 Å². The summed E-state index contributed by atoms with van der Waals surface area (Å²) < 4.78 is 0. The number of urea groups is 1. The van der Waals surface area contributed by atoms with Crippen molar-refractivity contribution in [2.45, 2.75) is 19.5 Å². The topological polar surface area (TPSA) is 44.4 Å². The van der Waals surface area contributed by atoms with Crippen molar-refractivity contribution in [3.05, 3.63) is 51.2 Å². The van der Waals surface area contributed by atoms with Gasteiger partial charge in [0.25, 0.3) is 0 Å². The molecule has 0 aliphatic carbocycles. The Bertz CT molecular complexity index is 680. The van der Waals surface area contributed by atoms with Crippen LogP contribution in [-0.2, 0) is 6.54 Å². The third-order valence-corrected chi connectivity index (χ3v) is 4.86. The zero-order valence-electron chi connectivity index (χ0n) is 12.4. The average Bonchev–Trinajstić information content (AvgIpc) is 2.87. The third-order valence-electron chi connectivity index (χ3n) is 3.79. The second kappa shape index (κ2) is 5.50. The van der Waals surface area contributed by atoms with Crippen LogP contribution in [0.1, 0.15) is 26.9 Å². The molecule has 0 radical (unpaired) electrons. The molecular formula is C16H19N3OS. The van der Waals surface area contributed by atoms with E-state index in [1.807, 2.05) is 31.5 Å². The van der Waals surface area contributed by atoms with Gasteiger partial charge in [-0.15, -0.1) is 11.3 Å². The molecule has 1 aliphatic heterocycles. The molecule has 0 spiro atoms. The van der Waals surface area contributed by atoms with Gasteiger partial charge in [-0.2, -0.15) is 0 Å². The minimum Gasteiger partial charge on any atom is -0.323 e. The quantitative estimate of drug-likeness (QED) is 0.913. The van der Waals surface area contributed by atoms with Gasteiger partial charge >= 0.3 is 6.03 Å². The molecule has 2 aromatic rings. The summed E-state index contributed by atoms with van der Waals surface area (Å²) in [6, 6.07) is 10.7. The Labute approximate surface area is 128 Å². The first-order valence-corrected chi connectivity index (χ1v) is 7.78. The molecule has 1 atom stereocenters. The molecular weight excluding hydrogens is 282 g/mol. The summed E-state index contributed by atoms with van der Waals surface area (Å²) in [7, 11) is 3.79. The van der Waals surface area contributed by atoms with E-state index in [2.05, 4.69) is 41.8 Å². The van der Waals surface area contributed by atoms with Gasteiger partial charge in [0.15, 0.2) is 0 Å². The van der Waals surface area contributed by atoms with E-state index in [1.54, 1.807) is 4.90 Å². The predicted octanol–water partition coefficient (Wildman–Crippen LogP) is 3.34. The van der Waals surface area contributed by atoms with Crippen LogP contribution in [0.15, 0.2) is 30.3 Å². The number of fused-ring (bicyclic) bond motifs is 1. The van der Waals surface area contributed by atoms with Crippen LogP contribution < -0.4 is 10.6 Å². The van der Waals surface area contributed by atoms with Gasteiger partial charge in [-0.25, -0.2) is 4.79 Å². The molecule has 2 heterocycles. The molecule has 3 rings (SSSR count). The molecule has 0 saturated carbocycles. The largest absolute Gasteiger partial charge is 0.323 e. The van der Waals surface area contributed by atoms with E-state index >= 15 is 0 Å². The van der Waals surface area contributed by atoms with Gasteiger partial charge in [-0.1, -0.05) is 6.07 Å². The molecule has 2 amide bonds. The highest BCUT2D eigenvalue weighted by molar-refractivity contribution is 7.12. The van der Waals surface area contributed by atoms with Crippen molar-refractivity contribution in [2.75, 3.05) is 19.4 Å². The number of hydrogen-bond acceptors (Lipinski definition) is 3. The second-order valence-electron chi connectivity index (χ2n) is 5.37. The number of carbonyl (C=O) groups excluding carboxylic acids is 1. The minimum absolute atomic E-state index is 0.0469. The molecule has 5 heteroatoms. The van der Waals surface area contributed by atoms with Crippen LogP contribution in [0.2, 0.25) is 0 Å². The molecule has 0 bridgehead atoms. The van der Waals surface area contributed by atoms with Gasteiger partial charge in [0.2, 0.25) is 0 Å². The van der Waals surface area contributed by atoms with Crippen LogP contribution in [0.5, 0.6) is 0 Å². The first-order chi connectivity index (χ1) is 10.1. The molecule has 1 aromatic carbocycles. The van der Waals surface area contributed by atoms with Gasteiger partial charge in [0.05, 0.1) is 6.04 Å². The molecule has 1 aromatic heterocycles. The molecule has 110 valence electrons. The van der Waals surface area contributed by atoms with E-state index in [0.29, 0.717) is 6.54 Å². The Kier molecular flexibility index (Phi) is 3.69. The maximum atomic E-state index is 11.7. The lowest BCUT2D eigenvalue weighted by molar-refractivity contribution is 0.218. The number of hydrogen-bond donors (Lipinski definition) is 2. The number of aryl methyl sites for hydroxylation is 1. The summed E-state index contributed by atoms with van der Waals surface area (Å²) in [5.41, 5.74) is 3.30. The summed E-state index contributed by atoms with van der Waals surface area (Å²) in [4.78, 5) is 16.0. The number of amides is 2. The van der Waals surface area contributed by atoms with Crippen LogP contribution in [0.3, 0.4) is 0 Å². The third kappa shape index (κ3) is 2.66. The average molecular weight is 301 g/mol. The second-order valence-corrected chi connectivity index (χ2v) is 6.69. The Morgan fingerprint density at radius 1 is 1.33 bits per heavy atom. The number of thiophene rings is 1. The molecule has 2 N–H and O–H groups in total. The normalized spacial score (nSPS) is 15.6. The summed E-state index contributed by atoms with van der Waals surface area (Å²) in [5.74, 6) is 0. The van der Waals surface area contributed by atoms with Crippen molar-refractivity contribution in [2.24, 2.45) is 0 Å². The van der Waals surface area contributed by atoms with Gasteiger partial charge < -0.3 is 15.5 Å². The van der Waals surface area contributed by atoms with Crippen molar-refractivity contribution in [1.29, 1.82) is 0 Å². The standard InChI is InChI=1S/C16H19N3OS/c1-10-4-7-14(21-10)15(17-2)11-5-6-13-12(8-11)9-19(3)16(20)18-13/h4-8,15,17H,9H2,1-3H3,(H,18,20). The maximum absolute atomic E-state index is 11.7. The number of anilines is 1. The van der Waals surface area contributed by atoms with Crippen molar-refractivity contribution in [1.82, 2.24) is 10.2 Å². The van der Waals surface area contributed by atoms with E-state index in [-0.39, 0.29) is 12.1 Å². The summed E-state index contributed by atoms with van der Waals surface area (Å²) >= 11 is 1.81. The van der Waals surface area contributed by atoms with Crippen LogP contribution >= 0.6 is 11.3 Å². The predicted molar refractivity (Wildman–Crippen MR) is 86.9 cm³/mol. The smallest absolute Gasteiger partial charge is 0.321 e. The lowest BCUT2D eigenvalue weighted by atomic mass is 10.00. The van der Waals surface area contributed by atoms with Crippen molar-refractivity contribution < 1.29 is 4.79 Å². The molecule has 1 aliphatic rings. The fraction of sp³-hybridized carbons (Fsp3) is 0.312. The fourth-order valence-corrected chi connectivity index (χ4v) is 3.68. The van der Waals surface area contributed by atoms with E-state index < -0.39 is 0 Å². The Morgan fingerprint density at radius 3 is 2.81 bits per heavy atom. The lowest BCUT2D eigenvalue weighted by Crippen LogP contribution is -2.35. The number of nitrogens with zero attached hydrogens (tertiary/aromatic N) is 1. The van der Waals surface area contributed by atoms with Crippen LogP contribution in [0.4, 0.5) is 10.5 Å². The highest BCUT2D eigenvalue weighted by atomic mass is 32.1. The van der Waals surface area contributed by atoms with Crippen LogP contribution in [0, 0.1) is 6.92 Å². The zero-order chi connectivity index (χ0) is 15.0. The summed E-state index contributed by atoms with van der Waals surface area (Å²) in [6.45, 7) is 2.77. The Hall–Kier alpha value is -1.85. The monoisotopic (exact) mass is 301 g/mol. The SMILES string of the molecule is CNC(c1ccc2c(c1)CN(C)C(=O)N2)c1ccc(C)s1. The number of rotatable bonds is 3. The molecule has 0 fully saturated rings. The maximum Gasteiger partial charge on any atom is 0.321 e. The highest BCUT2D eigenvalue weighted by Gasteiger charge is 2.21. The van der Waals surface area contributed by atoms with Gasteiger partial charge in [0.1, 0.15) is 0 Å². The lowest BCUT2D eigenvalue weighted by Gasteiger charge is -2.27. The fourth-order valence-electron chi connectivity index (χ4n) is 2.67. The van der Waals surface area contributed by atoms with E-state index in [0.717, 1.165) is 11.3 Å². The van der Waals surface area contributed by atoms with Crippen molar-refractivity contribution in [3.63, 3.8) is 0 Å².